The molecule has 0 radical (unpaired) electrons. The van der Waals surface area contributed by atoms with Gasteiger partial charge in [0, 0.05) is 5.02 Å². The first kappa shape index (κ1) is 13.8. The number of benzene rings is 1. The molecule has 94 valence electrons. The molecule has 17 heavy (non-hydrogen) atoms. The maximum absolute atomic E-state index is 11.5. The summed E-state index contributed by atoms with van der Waals surface area (Å²) in [5, 5.41) is 3.21. The number of nitrogens with two attached hydrogens (primary N) is 1. The van der Waals surface area contributed by atoms with Gasteiger partial charge in [-0.3, -0.25) is 4.79 Å². The molecule has 0 aliphatic heterocycles. The number of halogens is 1. The van der Waals surface area contributed by atoms with Gasteiger partial charge in [-0.1, -0.05) is 18.5 Å². The number of carbonyl (C=O) groups is 1. The summed E-state index contributed by atoms with van der Waals surface area (Å²) in [6.45, 7) is 3.95. The fraction of sp³-hybridized carbons (Fsp3) is 0.417. The van der Waals surface area contributed by atoms with Crippen molar-refractivity contribution in [2.75, 3.05) is 17.7 Å². The molecular formula is C12H17ClN2O2. The minimum Gasteiger partial charge on any atom is -0.397 e. The molecule has 1 aromatic rings. The predicted molar refractivity (Wildman–Crippen MR) is 70.2 cm³/mol. The SMILES string of the molecule is CCC(C)OCC(=O)Nc1ccc(Cl)cc1N. The third-order valence-corrected chi connectivity index (χ3v) is 2.60. The highest BCUT2D eigenvalue weighted by Gasteiger charge is 2.07. The van der Waals surface area contributed by atoms with Crippen molar-refractivity contribution < 1.29 is 9.53 Å². The highest BCUT2D eigenvalue weighted by Crippen LogP contribution is 2.22. The molecule has 4 nitrogen and oxygen atoms in total. The Morgan fingerprint density at radius 2 is 2.29 bits per heavy atom. The summed E-state index contributed by atoms with van der Waals surface area (Å²) in [6.07, 6.45) is 0.944. The lowest BCUT2D eigenvalue weighted by atomic mass is 10.2. The smallest absolute Gasteiger partial charge is 0.250 e. The molecule has 1 amide bonds. The molecule has 0 saturated heterocycles. The van der Waals surface area contributed by atoms with Gasteiger partial charge in [0.25, 0.3) is 0 Å². The van der Waals surface area contributed by atoms with E-state index in [1.165, 1.54) is 0 Å². The summed E-state index contributed by atoms with van der Waals surface area (Å²) in [5.41, 5.74) is 6.70. The zero-order chi connectivity index (χ0) is 12.8. The Kier molecular flexibility index (Phi) is 5.25. The Morgan fingerprint density at radius 1 is 1.59 bits per heavy atom. The molecule has 0 aliphatic rings. The molecule has 0 spiro atoms. The van der Waals surface area contributed by atoms with Gasteiger partial charge in [-0.2, -0.15) is 0 Å². The third-order valence-electron chi connectivity index (χ3n) is 2.36. The largest absolute Gasteiger partial charge is 0.397 e. The molecule has 0 fully saturated rings. The zero-order valence-corrected chi connectivity index (χ0v) is 10.8. The normalized spacial score (nSPS) is 12.2. The maximum atomic E-state index is 11.5. The van der Waals surface area contributed by atoms with Crippen LogP contribution in [0.25, 0.3) is 0 Å². The minimum absolute atomic E-state index is 0.0249. The number of nitrogen functional groups attached to an aromatic ring is 1. The van der Waals surface area contributed by atoms with Crippen molar-refractivity contribution in [3.05, 3.63) is 23.2 Å². The molecule has 1 unspecified atom stereocenters. The molecule has 0 aromatic heterocycles. The second-order valence-corrected chi connectivity index (χ2v) is 4.25. The summed E-state index contributed by atoms with van der Waals surface area (Å²) in [6, 6.07) is 4.93. The number of carbonyl (C=O) groups excluding carboxylic acids is 1. The summed E-state index contributed by atoms with van der Waals surface area (Å²) in [7, 11) is 0. The van der Waals surface area contributed by atoms with Crippen LogP contribution in [0.3, 0.4) is 0 Å². The van der Waals surface area contributed by atoms with Crippen LogP contribution >= 0.6 is 11.6 Å². The quantitative estimate of drug-likeness (QED) is 0.796. The lowest BCUT2D eigenvalue weighted by Crippen LogP contribution is -2.22. The first-order valence-corrected chi connectivity index (χ1v) is 5.87. The number of amides is 1. The second kappa shape index (κ2) is 6.47. The van der Waals surface area contributed by atoms with E-state index in [4.69, 9.17) is 22.1 Å². The van der Waals surface area contributed by atoms with Crippen LogP contribution < -0.4 is 11.1 Å². The Hall–Kier alpha value is -1.26. The van der Waals surface area contributed by atoms with E-state index in [-0.39, 0.29) is 18.6 Å². The number of rotatable bonds is 5. The number of ether oxygens (including phenoxy) is 1. The summed E-state index contributed by atoms with van der Waals surface area (Å²) in [4.78, 5) is 11.5. The lowest BCUT2D eigenvalue weighted by molar-refractivity contribution is -0.122. The number of hydrogen-bond acceptors (Lipinski definition) is 3. The van der Waals surface area contributed by atoms with Crippen LogP contribution in [0.1, 0.15) is 20.3 Å². The fourth-order valence-electron chi connectivity index (χ4n) is 1.17. The topological polar surface area (TPSA) is 64.3 Å². The molecule has 0 aliphatic carbocycles. The van der Waals surface area contributed by atoms with Crippen molar-refractivity contribution in [3.8, 4) is 0 Å². The monoisotopic (exact) mass is 256 g/mol. The van der Waals surface area contributed by atoms with Crippen LogP contribution in [0.2, 0.25) is 5.02 Å². The van der Waals surface area contributed by atoms with Crippen LogP contribution in [0.4, 0.5) is 11.4 Å². The van der Waals surface area contributed by atoms with E-state index in [1.54, 1.807) is 18.2 Å². The molecule has 1 rings (SSSR count). The first-order chi connectivity index (χ1) is 8.02. The van der Waals surface area contributed by atoms with Crippen molar-refractivity contribution in [2.45, 2.75) is 26.4 Å². The van der Waals surface area contributed by atoms with Gasteiger partial charge in [-0.15, -0.1) is 0 Å². The lowest BCUT2D eigenvalue weighted by Gasteiger charge is -2.11. The summed E-state index contributed by atoms with van der Waals surface area (Å²) >= 11 is 5.76. The van der Waals surface area contributed by atoms with Crippen molar-refractivity contribution in [1.82, 2.24) is 0 Å². The van der Waals surface area contributed by atoms with Crippen molar-refractivity contribution in [1.29, 1.82) is 0 Å². The van der Waals surface area contributed by atoms with Crippen LogP contribution in [0, 0.1) is 0 Å². The number of anilines is 2. The molecule has 3 N–H and O–H groups in total. The fourth-order valence-corrected chi connectivity index (χ4v) is 1.35. The standard InChI is InChI=1S/C12H17ClN2O2/c1-3-8(2)17-7-12(16)15-11-5-4-9(13)6-10(11)14/h4-6,8H,3,7,14H2,1-2H3,(H,15,16). The first-order valence-electron chi connectivity index (χ1n) is 5.49. The Labute approximate surface area is 106 Å². The van der Waals surface area contributed by atoms with E-state index >= 15 is 0 Å². The zero-order valence-electron chi connectivity index (χ0n) is 10.00. The molecule has 1 aromatic carbocycles. The number of nitrogens with one attached hydrogen (secondary N) is 1. The Morgan fingerprint density at radius 3 is 2.88 bits per heavy atom. The van der Waals surface area contributed by atoms with Gasteiger partial charge in [0.15, 0.2) is 0 Å². The Balaban J connectivity index is 2.50. The van der Waals surface area contributed by atoms with Crippen LogP contribution in [-0.2, 0) is 9.53 Å². The highest BCUT2D eigenvalue weighted by atomic mass is 35.5. The third kappa shape index (κ3) is 4.63. The second-order valence-electron chi connectivity index (χ2n) is 3.81. The van der Waals surface area contributed by atoms with Gasteiger partial charge in [0.05, 0.1) is 17.5 Å². The molecule has 0 saturated carbocycles. The van der Waals surface area contributed by atoms with Gasteiger partial charge in [-0.05, 0) is 31.5 Å². The van der Waals surface area contributed by atoms with E-state index in [2.05, 4.69) is 5.32 Å². The molecule has 0 heterocycles. The molecule has 0 bridgehead atoms. The Bertz CT molecular complexity index is 396. The number of hydrogen-bond donors (Lipinski definition) is 2. The van der Waals surface area contributed by atoms with Crippen molar-refractivity contribution in [3.63, 3.8) is 0 Å². The average molecular weight is 257 g/mol. The minimum atomic E-state index is -0.223. The summed E-state index contributed by atoms with van der Waals surface area (Å²) < 4.78 is 5.31. The average Bonchev–Trinajstić information content (AvgIpc) is 2.29. The molecule has 1 atom stereocenters. The van der Waals surface area contributed by atoms with Crippen molar-refractivity contribution >= 4 is 28.9 Å². The van der Waals surface area contributed by atoms with Crippen molar-refractivity contribution in [2.24, 2.45) is 0 Å². The van der Waals surface area contributed by atoms with Gasteiger partial charge < -0.3 is 15.8 Å². The summed E-state index contributed by atoms with van der Waals surface area (Å²) in [5.74, 6) is -0.223. The van der Waals surface area contributed by atoms with Crippen LogP contribution in [0.5, 0.6) is 0 Å². The highest BCUT2D eigenvalue weighted by molar-refractivity contribution is 6.31. The van der Waals surface area contributed by atoms with E-state index in [1.807, 2.05) is 13.8 Å². The van der Waals surface area contributed by atoms with E-state index in [0.29, 0.717) is 16.4 Å². The van der Waals surface area contributed by atoms with Crippen LogP contribution in [-0.4, -0.2) is 18.6 Å². The van der Waals surface area contributed by atoms with Gasteiger partial charge >= 0.3 is 0 Å². The maximum Gasteiger partial charge on any atom is 0.250 e. The van der Waals surface area contributed by atoms with Gasteiger partial charge in [0.2, 0.25) is 5.91 Å². The van der Waals surface area contributed by atoms with E-state index in [9.17, 15) is 4.79 Å². The van der Waals surface area contributed by atoms with Gasteiger partial charge in [0.1, 0.15) is 6.61 Å². The van der Waals surface area contributed by atoms with Crippen LogP contribution in [0.15, 0.2) is 18.2 Å². The van der Waals surface area contributed by atoms with E-state index in [0.717, 1.165) is 6.42 Å². The van der Waals surface area contributed by atoms with E-state index < -0.39 is 0 Å². The molecular weight excluding hydrogens is 240 g/mol. The van der Waals surface area contributed by atoms with Gasteiger partial charge in [-0.25, -0.2) is 0 Å². The predicted octanol–water partition coefficient (Wildman–Crippen LogP) is 2.68. The molecule has 5 heteroatoms.